The molecule has 124 valence electrons. The van der Waals surface area contributed by atoms with Gasteiger partial charge in [-0.1, -0.05) is 0 Å². The maximum Gasteiger partial charge on any atom is 0.410 e. The summed E-state index contributed by atoms with van der Waals surface area (Å²) in [5.74, 6) is -0.164. The lowest BCUT2D eigenvalue weighted by molar-refractivity contribution is -0.105. The number of anilines is 1. The molecule has 3 aliphatic heterocycles. The molecule has 3 heterocycles. The molecule has 1 amide bonds. The second-order valence-corrected chi connectivity index (χ2v) is 6.48. The fraction of sp³-hybridized carbons (Fsp3) is 0.588. The molecule has 6 heteroatoms. The van der Waals surface area contributed by atoms with Gasteiger partial charge in [0.05, 0.1) is 13.2 Å². The number of hydrogen-bond acceptors (Lipinski definition) is 4. The van der Waals surface area contributed by atoms with Gasteiger partial charge in [0.25, 0.3) is 0 Å². The zero-order chi connectivity index (χ0) is 15.8. The minimum Gasteiger partial charge on any atom is -0.441 e. The van der Waals surface area contributed by atoms with Crippen molar-refractivity contribution in [3.8, 4) is 0 Å². The van der Waals surface area contributed by atoms with E-state index in [2.05, 4.69) is 4.90 Å². The Morgan fingerprint density at radius 2 is 2.00 bits per heavy atom. The minimum absolute atomic E-state index is 0.0689. The van der Waals surface area contributed by atoms with Crippen LogP contribution in [0.3, 0.4) is 0 Å². The van der Waals surface area contributed by atoms with E-state index in [1.165, 1.54) is 6.07 Å². The molecule has 0 atom stereocenters. The summed E-state index contributed by atoms with van der Waals surface area (Å²) in [6.45, 7) is 3.40. The van der Waals surface area contributed by atoms with Crippen LogP contribution in [-0.2, 0) is 15.9 Å². The molecule has 3 aliphatic rings. The first-order valence-electron chi connectivity index (χ1n) is 8.29. The number of nitrogens with zero attached hydrogens (tertiary/aromatic N) is 2. The van der Waals surface area contributed by atoms with Crippen molar-refractivity contribution in [3.05, 3.63) is 29.6 Å². The average molecular weight is 320 g/mol. The Morgan fingerprint density at radius 3 is 2.70 bits per heavy atom. The first-order chi connectivity index (χ1) is 11.2. The molecule has 0 bridgehead atoms. The lowest BCUT2D eigenvalue weighted by Gasteiger charge is -2.38. The van der Waals surface area contributed by atoms with E-state index < -0.39 is 0 Å². The predicted octanol–water partition coefficient (Wildman–Crippen LogP) is 2.19. The summed E-state index contributed by atoms with van der Waals surface area (Å²) in [4.78, 5) is 16.2. The van der Waals surface area contributed by atoms with Crippen molar-refractivity contribution in [1.29, 1.82) is 0 Å². The fourth-order valence-corrected chi connectivity index (χ4v) is 3.63. The lowest BCUT2D eigenvalue weighted by Crippen LogP contribution is -2.48. The zero-order valence-corrected chi connectivity index (χ0v) is 13.0. The molecule has 1 aromatic rings. The maximum absolute atomic E-state index is 13.3. The zero-order valence-electron chi connectivity index (χ0n) is 13.0. The van der Waals surface area contributed by atoms with Gasteiger partial charge >= 0.3 is 6.09 Å². The second kappa shape index (κ2) is 6.00. The highest BCUT2D eigenvalue weighted by Crippen LogP contribution is 2.33. The van der Waals surface area contributed by atoms with E-state index >= 15 is 0 Å². The molecule has 0 unspecified atom stereocenters. The third-order valence-corrected chi connectivity index (χ3v) is 5.01. The van der Waals surface area contributed by atoms with E-state index in [9.17, 15) is 9.18 Å². The van der Waals surface area contributed by atoms with Crippen LogP contribution in [0.4, 0.5) is 14.9 Å². The maximum atomic E-state index is 13.3. The molecule has 0 spiro atoms. The van der Waals surface area contributed by atoms with Gasteiger partial charge in [-0.3, -0.25) is 0 Å². The standard InChI is InChI=1S/C17H21FN2O3/c18-13-1-2-16-12(9-13)3-8-20(16)14-4-6-19(7-5-14)17(21)23-15-10-22-11-15/h1-2,9,14-15H,3-8,10-11H2. The van der Waals surface area contributed by atoms with Gasteiger partial charge in [0, 0.05) is 31.4 Å². The van der Waals surface area contributed by atoms with Crippen LogP contribution >= 0.6 is 0 Å². The first-order valence-corrected chi connectivity index (χ1v) is 8.29. The van der Waals surface area contributed by atoms with Crippen LogP contribution in [0.2, 0.25) is 0 Å². The average Bonchev–Trinajstić information content (AvgIpc) is 2.93. The van der Waals surface area contributed by atoms with E-state index in [1.54, 1.807) is 11.0 Å². The number of rotatable bonds is 2. The van der Waals surface area contributed by atoms with Gasteiger partial charge in [0.2, 0.25) is 0 Å². The number of hydrogen-bond donors (Lipinski definition) is 0. The van der Waals surface area contributed by atoms with Crippen molar-refractivity contribution in [3.63, 3.8) is 0 Å². The Bertz CT molecular complexity index is 598. The summed E-state index contributed by atoms with van der Waals surface area (Å²) in [6.07, 6.45) is 2.46. The molecule has 5 nitrogen and oxygen atoms in total. The number of likely N-dealkylation sites (tertiary alicyclic amines) is 1. The van der Waals surface area contributed by atoms with E-state index in [0.29, 0.717) is 32.3 Å². The summed E-state index contributed by atoms with van der Waals surface area (Å²) in [5, 5.41) is 0. The normalized spacial score (nSPS) is 22.0. The fourth-order valence-electron chi connectivity index (χ4n) is 3.63. The molecule has 1 aromatic carbocycles. The molecule has 0 aromatic heterocycles. The molecule has 0 radical (unpaired) electrons. The van der Waals surface area contributed by atoms with Gasteiger partial charge in [-0.25, -0.2) is 9.18 Å². The van der Waals surface area contributed by atoms with Crippen molar-refractivity contribution in [2.45, 2.75) is 31.4 Å². The van der Waals surface area contributed by atoms with Gasteiger partial charge in [-0.15, -0.1) is 0 Å². The number of carbonyl (C=O) groups excluding carboxylic acids is 1. The Morgan fingerprint density at radius 1 is 1.22 bits per heavy atom. The Balaban J connectivity index is 1.34. The van der Waals surface area contributed by atoms with Crippen LogP contribution in [0.1, 0.15) is 18.4 Å². The molecular formula is C17H21FN2O3. The van der Waals surface area contributed by atoms with Crippen molar-refractivity contribution >= 4 is 11.8 Å². The highest BCUT2D eigenvalue weighted by atomic mass is 19.1. The number of benzene rings is 1. The molecule has 4 rings (SSSR count). The lowest BCUT2D eigenvalue weighted by atomic mass is 10.0. The van der Waals surface area contributed by atoms with Crippen molar-refractivity contribution in [1.82, 2.24) is 4.90 Å². The first kappa shape index (κ1) is 14.8. The quantitative estimate of drug-likeness (QED) is 0.838. The molecule has 0 N–H and O–H groups in total. The van der Waals surface area contributed by atoms with E-state index in [1.807, 2.05) is 6.07 Å². The summed E-state index contributed by atoms with van der Waals surface area (Å²) in [5.41, 5.74) is 2.25. The number of amides is 1. The SMILES string of the molecule is O=C(OC1COC1)N1CCC(N2CCc3cc(F)ccc32)CC1. The third-order valence-electron chi connectivity index (χ3n) is 5.01. The Hall–Kier alpha value is -1.82. The van der Waals surface area contributed by atoms with Crippen LogP contribution < -0.4 is 4.90 Å². The van der Waals surface area contributed by atoms with Crippen LogP contribution in [-0.4, -0.2) is 56.0 Å². The topological polar surface area (TPSA) is 42.0 Å². The Kier molecular flexibility index (Phi) is 3.85. The number of carbonyl (C=O) groups is 1. The van der Waals surface area contributed by atoms with Crippen LogP contribution in [0.25, 0.3) is 0 Å². The summed E-state index contributed by atoms with van der Waals surface area (Å²) >= 11 is 0. The van der Waals surface area contributed by atoms with Gasteiger partial charge in [0.15, 0.2) is 6.10 Å². The largest absolute Gasteiger partial charge is 0.441 e. The number of fused-ring (bicyclic) bond motifs is 1. The molecule has 2 fully saturated rings. The van der Waals surface area contributed by atoms with Crippen LogP contribution in [0.15, 0.2) is 18.2 Å². The molecule has 0 saturated carbocycles. The summed E-state index contributed by atoms with van der Waals surface area (Å²) in [7, 11) is 0. The molecule has 2 saturated heterocycles. The second-order valence-electron chi connectivity index (χ2n) is 6.48. The van der Waals surface area contributed by atoms with Gasteiger partial charge in [-0.2, -0.15) is 0 Å². The van der Waals surface area contributed by atoms with E-state index in [-0.39, 0.29) is 18.0 Å². The highest BCUT2D eigenvalue weighted by molar-refractivity contribution is 5.68. The van der Waals surface area contributed by atoms with E-state index in [4.69, 9.17) is 9.47 Å². The minimum atomic E-state index is -0.222. The van der Waals surface area contributed by atoms with Crippen molar-refractivity contribution < 1.29 is 18.7 Å². The van der Waals surface area contributed by atoms with E-state index in [0.717, 1.165) is 37.1 Å². The smallest absolute Gasteiger partial charge is 0.410 e. The molecule has 0 aliphatic carbocycles. The van der Waals surface area contributed by atoms with Gasteiger partial charge < -0.3 is 19.3 Å². The molecule has 23 heavy (non-hydrogen) atoms. The van der Waals surface area contributed by atoms with Crippen LogP contribution in [0.5, 0.6) is 0 Å². The third kappa shape index (κ3) is 2.87. The predicted molar refractivity (Wildman–Crippen MR) is 83.1 cm³/mol. The number of piperidine rings is 1. The van der Waals surface area contributed by atoms with Gasteiger partial charge in [-0.05, 0) is 43.0 Å². The van der Waals surface area contributed by atoms with Crippen molar-refractivity contribution in [2.75, 3.05) is 37.7 Å². The summed E-state index contributed by atoms with van der Waals surface area (Å²) in [6, 6.07) is 5.47. The van der Waals surface area contributed by atoms with Crippen molar-refractivity contribution in [2.24, 2.45) is 0 Å². The monoisotopic (exact) mass is 320 g/mol. The van der Waals surface area contributed by atoms with Crippen LogP contribution in [0, 0.1) is 5.82 Å². The molecular weight excluding hydrogens is 299 g/mol. The number of ether oxygens (including phenoxy) is 2. The summed E-state index contributed by atoms with van der Waals surface area (Å²) < 4.78 is 23.7. The number of halogens is 1. The highest BCUT2D eigenvalue weighted by Gasteiger charge is 2.32. The van der Waals surface area contributed by atoms with Gasteiger partial charge in [0.1, 0.15) is 5.82 Å². The Labute approximate surface area is 135 Å².